The molecule has 0 spiro atoms. The number of carbonyl (C=O) groups excluding carboxylic acids is 1. The first-order chi connectivity index (χ1) is 12.7. The van der Waals surface area contributed by atoms with Crippen LogP contribution in [0, 0.1) is 0 Å². The monoisotopic (exact) mass is 405 g/mol. The maximum atomic E-state index is 12.6. The quantitative estimate of drug-likeness (QED) is 0.683. The topological polar surface area (TPSA) is 81.1 Å². The molecule has 0 aliphatic rings. The number of halogens is 1. The number of hydrogen-bond acceptors (Lipinski definition) is 4. The number of nitrogens with one attached hydrogen (secondary N) is 1. The number of para-hydroxylation sites is 2. The van der Waals surface area contributed by atoms with Gasteiger partial charge in [-0.3, -0.25) is 4.79 Å². The van der Waals surface area contributed by atoms with Crippen molar-refractivity contribution >= 4 is 38.4 Å². The van der Waals surface area contributed by atoms with E-state index in [-0.39, 0.29) is 24.2 Å². The zero-order valence-corrected chi connectivity index (χ0v) is 16.6. The van der Waals surface area contributed by atoms with Crippen molar-refractivity contribution in [2.45, 2.75) is 25.3 Å². The molecule has 1 unspecified atom stereocenters. The van der Waals surface area contributed by atoms with Gasteiger partial charge in [0.1, 0.15) is 18.1 Å². The van der Waals surface area contributed by atoms with E-state index < -0.39 is 9.84 Å². The Balaban J connectivity index is 1.83. The minimum Gasteiger partial charge on any atom is -0.348 e. The Morgan fingerprint density at radius 3 is 2.52 bits per heavy atom. The zero-order chi connectivity index (χ0) is 19.6. The molecule has 1 heterocycles. The molecule has 0 aliphatic heterocycles. The van der Waals surface area contributed by atoms with Crippen LogP contribution in [0.25, 0.3) is 11.0 Å². The molecular weight excluding hydrogens is 386 g/mol. The largest absolute Gasteiger partial charge is 0.348 e. The first-order valence-corrected chi connectivity index (χ1v) is 10.8. The molecule has 1 amide bonds. The number of imidazole rings is 1. The summed E-state index contributed by atoms with van der Waals surface area (Å²) in [4.78, 5) is 17.0. The highest BCUT2D eigenvalue weighted by molar-refractivity contribution is 7.89. The third kappa shape index (κ3) is 4.87. The molecule has 142 valence electrons. The van der Waals surface area contributed by atoms with Gasteiger partial charge < -0.3 is 9.88 Å². The standard InChI is InChI=1S/C19H20ClN3O3S/c1-13(14-7-9-15(20)10-8-14)21-19(24)11-23-17-6-4-3-5-16(17)22-18(23)12-27(2,25)26/h3-10,13H,11-12H2,1-2H3,(H,21,24). The van der Waals surface area contributed by atoms with Crippen LogP contribution in [0.1, 0.15) is 24.4 Å². The van der Waals surface area contributed by atoms with Gasteiger partial charge >= 0.3 is 0 Å². The second-order valence-corrected chi connectivity index (χ2v) is 9.09. The van der Waals surface area contributed by atoms with E-state index in [0.29, 0.717) is 16.4 Å². The van der Waals surface area contributed by atoms with Gasteiger partial charge in [0.25, 0.3) is 0 Å². The van der Waals surface area contributed by atoms with Crippen molar-refractivity contribution in [1.82, 2.24) is 14.9 Å². The Kier molecular flexibility index (Phi) is 5.53. The summed E-state index contributed by atoms with van der Waals surface area (Å²) < 4.78 is 25.1. The van der Waals surface area contributed by atoms with E-state index >= 15 is 0 Å². The van der Waals surface area contributed by atoms with Crippen molar-refractivity contribution in [3.8, 4) is 0 Å². The van der Waals surface area contributed by atoms with Crippen LogP contribution in [0.2, 0.25) is 5.02 Å². The number of nitrogens with zero attached hydrogens (tertiary/aromatic N) is 2. The van der Waals surface area contributed by atoms with Crippen LogP contribution in [0.3, 0.4) is 0 Å². The molecule has 0 fully saturated rings. The Labute approximate surface area is 163 Å². The minimum atomic E-state index is -3.28. The van der Waals surface area contributed by atoms with Crippen LogP contribution < -0.4 is 5.32 Å². The normalized spacial score (nSPS) is 12.9. The van der Waals surface area contributed by atoms with E-state index in [1.165, 1.54) is 0 Å². The summed E-state index contributed by atoms with van der Waals surface area (Å²) in [5, 5.41) is 3.56. The summed E-state index contributed by atoms with van der Waals surface area (Å²) in [6, 6.07) is 14.3. The summed E-state index contributed by atoms with van der Waals surface area (Å²) >= 11 is 5.90. The van der Waals surface area contributed by atoms with Gasteiger partial charge in [-0.25, -0.2) is 13.4 Å². The predicted molar refractivity (Wildman–Crippen MR) is 106 cm³/mol. The summed E-state index contributed by atoms with van der Waals surface area (Å²) in [5.74, 6) is -0.0924. The third-order valence-electron chi connectivity index (χ3n) is 4.17. The molecule has 6 nitrogen and oxygen atoms in total. The van der Waals surface area contributed by atoms with Crippen LogP contribution in [0.4, 0.5) is 0 Å². The molecule has 3 rings (SSSR count). The fraction of sp³-hybridized carbons (Fsp3) is 0.263. The molecule has 0 bridgehead atoms. The molecule has 0 saturated heterocycles. The van der Waals surface area contributed by atoms with Crippen molar-refractivity contribution in [3.63, 3.8) is 0 Å². The molecule has 3 aromatic rings. The van der Waals surface area contributed by atoms with Crippen molar-refractivity contribution < 1.29 is 13.2 Å². The summed E-state index contributed by atoms with van der Waals surface area (Å²) in [5.41, 5.74) is 2.32. The van der Waals surface area contributed by atoms with Gasteiger partial charge in [0.05, 0.1) is 17.1 Å². The molecule has 0 aliphatic carbocycles. The number of benzene rings is 2. The smallest absolute Gasteiger partial charge is 0.240 e. The van der Waals surface area contributed by atoms with Gasteiger partial charge in [-0.15, -0.1) is 0 Å². The van der Waals surface area contributed by atoms with E-state index in [9.17, 15) is 13.2 Å². The predicted octanol–water partition coefficient (Wildman–Crippen LogP) is 3.11. The van der Waals surface area contributed by atoms with Crippen LogP contribution in [-0.4, -0.2) is 30.1 Å². The maximum Gasteiger partial charge on any atom is 0.240 e. The van der Waals surface area contributed by atoms with Crippen molar-refractivity contribution in [2.24, 2.45) is 0 Å². The second kappa shape index (κ2) is 7.70. The molecule has 1 aromatic heterocycles. The maximum absolute atomic E-state index is 12.6. The number of rotatable bonds is 6. The lowest BCUT2D eigenvalue weighted by Crippen LogP contribution is -2.30. The first-order valence-electron chi connectivity index (χ1n) is 8.39. The second-order valence-electron chi connectivity index (χ2n) is 6.51. The van der Waals surface area contributed by atoms with Crippen molar-refractivity contribution in [2.75, 3.05) is 6.26 Å². The zero-order valence-electron chi connectivity index (χ0n) is 15.0. The fourth-order valence-corrected chi connectivity index (χ4v) is 3.73. The van der Waals surface area contributed by atoms with E-state index in [0.717, 1.165) is 17.3 Å². The summed E-state index contributed by atoms with van der Waals surface area (Å²) in [7, 11) is -3.28. The molecule has 2 aromatic carbocycles. The molecule has 27 heavy (non-hydrogen) atoms. The highest BCUT2D eigenvalue weighted by Gasteiger charge is 2.18. The number of hydrogen-bond donors (Lipinski definition) is 1. The van der Waals surface area contributed by atoms with Gasteiger partial charge in [-0.2, -0.15) is 0 Å². The Bertz CT molecular complexity index is 1080. The molecule has 1 atom stereocenters. The number of amides is 1. The lowest BCUT2D eigenvalue weighted by molar-refractivity contribution is -0.122. The van der Waals surface area contributed by atoms with E-state index in [1.807, 2.05) is 37.3 Å². The molecule has 0 saturated carbocycles. The van der Waals surface area contributed by atoms with Gasteiger partial charge in [0.15, 0.2) is 9.84 Å². The highest BCUT2D eigenvalue weighted by atomic mass is 35.5. The average Bonchev–Trinajstić information content (AvgIpc) is 2.91. The summed E-state index contributed by atoms with van der Waals surface area (Å²) in [6.45, 7) is 1.87. The molecule has 1 N–H and O–H groups in total. The SMILES string of the molecule is CC(NC(=O)Cn1c(CS(C)(=O)=O)nc2ccccc21)c1ccc(Cl)cc1. The van der Waals surface area contributed by atoms with Crippen molar-refractivity contribution in [1.29, 1.82) is 0 Å². The lowest BCUT2D eigenvalue weighted by Gasteiger charge is -2.16. The van der Waals surface area contributed by atoms with Crippen LogP contribution in [0.15, 0.2) is 48.5 Å². The van der Waals surface area contributed by atoms with Crippen LogP contribution >= 0.6 is 11.6 Å². The molecule has 8 heteroatoms. The number of carbonyl (C=O) groups is 1. The Hall–Kier alpha value is -2.38. The van der Waals surface area contributed by atoms with Crippen LogP contribution in [0.5, 0.6) is 0 Å². The van der Waals surface area contributed by atoms with Gasteiger partial charge in [-0.05, 0) is 36.8 Å². The third-order valence-corrected chi connectivity index (χ3v) is 5.21. The average molecular weight is 406 g/mol. The fourth-order valence-electron chi connectivity index (χ4n) is 2.91. The number of sulfone groups is 1. The minimum absolute atomic E-state index is 0.0106. The first kappa shape index (κ1) is 19.4. The number of aromatic nitrogens is 2. The lowest BCUT2D eigenvalue weighted by atomic mass is 10.1. The van der Waals surface area contributed by atoms with E-state index in [4.69, 9.17) is 11.6 Å². The van der Waals surface area contributed by atoms with Gasteiger partial charge in [-0.1, -0.05) is 35.9 Å². The Morgan fingerprint density at radius 1 is 1.19 bits per heavy atom. The van der Waals surface area contributed by atoms with E-state index in [2.05, 4.69) is 10.3 Å². The molecule has 0 radical (unpaired) electrons. The summed E-state index contributed by atoms with van der Waals surface area (Å²) in [6.07, 6.45) is 1.15. The van der Waals surface area contributed by atoms with Gasteiger partial charge in [0.2, 0.25) is 5.91 Å². The van der Waals surface area contributed by atoms with Crippen molar-refractivity contribution in [3.05, 3.63) is 64.9 Å². The molecular formula is C19H20ClN3O3S. The highest BCUT2D eigenvalue weighted by Crippen LogP contribution is 2.19. The Morgan fingerprint density at radius 2 is 1.85 bits per heavy atom. The van der Waals surface area contributed by atoms with E-state index in [1.54, 1.807) is 22.8 Å². The number of fused-ring (bicyclic) bond motifs is 1. The van der Waals surface area contributed by atoms with Crippen LogP contribution in [-0.2, 0) is 26.9 Å². The van der Waals surface area contributed by atoms with Gasteiger partial charge in [0, 0.05) is 11.3 Å².